The summed E-state index contributed by atoms with van der Waals surface area (Å²) in [6.07, 6.45) is 3.27. The third-order valence-corrected chi connectivity index (χ3v) is 3.20. The van der Waals surface area contributed by atoms with Crippen LogP contribution in [-0.4, -0.2) is 20.2 Å². The van der Waals surface area contributed by atoms with E-state index in [1.165, 1.54) is 6.33 Å². The van der Waals surface area contributed by atoms with Gasteiger partial charge in [0.15, 0.2) is 0 Å². The molecule has 0 aliphatic carbocycles. The van der Waals surface area contributed by atoms with Crippen molar-refractivity contribution >= 4 is 22.5 Å². The molecule has 2 N–H and O–H groups in total. The summed E-state index contributed by atoms with van der Waals surface area (Å²) in [4.78, 5) is 8.46. The van der Waals surface area contributed by atoms with Gasteiger partial charge in [-0.05, 0) is 23.8 Å². The number of nitrogens with zero attached hydrogens (tertiary/aromatic N) is 3. The molecule has 0 saturated heterocycles. The molecule has 19 heavy (non-hydrogen) atoms. The summed E-state index contributed by atoms with van der Waals surface area (Å²) in [7, 11) is 0. The van der Waals surface area contributed by atoms with Gasteiger partial charge in [-0.15, -0.1) is 0 Å². The molecule has 3 rings (SSSR count). The first-order valence-electron chi connectivity index (χ1n) is 5.91. The molecule has 6 heteroatoms. The molecule has 0 amide bonds. The van der Waals surface area contributed by atoms with Gasteiger partial charge in [0.05, 0.1) is 12.1 Å². The number of halogens is 1. The van der Waals surface area contributed by atoms with E-state index in [0.717, 1.165) is 27.3 Å². The van der Waals surface area contributed by atoms with Crippen molar-refractivity contribution in [3.05, 3.63) is 53.2 Å². The second kappa shape index (κ2) is 5.34. The van der Waals surface area contributed by atoms with Crippen LogP contribution in [0.2, 0.25) is 5.02 Å². The van der Waals surface area contributed by atoms with E-state index in [9.17, 15) is 0 Å². The maximum Gasteiger partial charge on any atom is 0.138 e. The van der Waals surface area contributed by atoms with E-state index in [1.54, 1.807) is 6.20 Å². The first-order valence-corrected chi connectivity index (χ1v) is 6.29. The Morgan fingerprint density at radius 2 is 2.11 bits per heavy atom. The fraction of sp³-hybridized carbons (Fsp3) is 0.154. The second-order valence-corrected chi connectivity index (χ2v) is 4.55. The standard InChI is InChI=1S/C13H12ClN5/c14-11-4-3-9(13-10(11)2-1-5-16-13)6-15-7-12-17-8-18-19-12/h1-5,8,15H,6-7H2,(H,17,18,19). The van der Waals surface area contributed by atoms with Crippen LogP contribution in [0.5, 0.6) is 0 Å². The number of hydrogen-bond acceptors (Lipinski definition) is 4. The van der Waals surface area contributed by atoms with Gasteiger partial charge in [-0.3, -0.25) is 10.1 Å². The van der Waals surface area contributed by atoms with Crippen LogP contribution in [-0.2, 0) is 13.1 Å². The predicted molar refractivity (Wildman–Crippen MR) is 73.7 cm³/mol. The van der Waals surface area contributed by atoms with Gasteiger partial charge in [-0.25, -0.2) is 4.98 Å². The fourth-order valence-electron chi connectivity index (χ4n) is 1.97. The Balaban J connectivity index is 1.79. The van der Waals surface area contributed by atoms with E-state index >= 15 is 0 Å². The molecular formula is C13H12ClN5. The minimum absolute atomic E-state index is 0.636. The average molecular weight is 274 g/mol. The summed E-state index contributed by atoms with van der Waals surface area (Å²) in [5.41, 5.74) is 2.04. The van der Waals surface area contributed by atoms with E-state index < -0.39 is 0 Å². The maximum absolute atomic E-state index is 6.16. The summed E-state index contributed by atoms with van der Waals surface area (Å²) in [6.45, 7) is 1.34. The number of H-pyrrole nitrogens is 1. The molecule has 0 radical (unpaired) electrons. The van der Waals surface area contributed by atoms with Crippen LogP contribution in [0.1, 0.15) is 11.4 Å². The van der Waals surface area contributed by atoms with Gasteiger partial charge in [0.1, 0.15) is 12.2 Å². The van der Waals surface area contributed by atoms with Gasteiger partial charge >= 0.3 is 0 Å². The van der Waals surface area contributed by atoms with Crippen molar-refractivity contribution < 1.29 is 0 Å². The highest BCUT2D eigenvalue weighted by Gasteiger charge is 2.05. The smallest absolute Gasteiger partial charge is 0.138 e. The van der Waals surface area contributed by atoms with Crippen molar-refractivity contribution in [1.29, 1.82) is 0 Å². The van der Waals surface area contributed by atoms with Gasteiger partial charge in [0.2, 0.25) is 0 Å². The van der Waals surface area contributed by atoms with Crippen molar-refractivity contribution in [2.24, 2.45) is 0 Å². The highest BCUT2D eigenvalue weighted by atomic mass is 35.5. The highest BCUT2D eigenvalue weighted by Crippen LogP contribution is 2.24. The van der Waals surface area contributed by atoms with E-state index in [0.29, 0.717) is 13.1 Å². The number of aromatic nitrogens is 4. The van der Waals surface area contributed by atoms with Gasteiger partial charge in [0.25, 0.3) is 0 Å². The number of hydrogen-bond donors (Lipinski definition) is 2. The number of pyridine rings is 1. The van der Waals surface area contributed by atoms with Crippen molar-refractivity contribution in [2.45, 2.75) is 13.1 Å². The number of fused-ring (bicyclic) bond motifs is 1. The molecule has 2 aromatic heterocycles. The van der Waals surface area contributed by atoms with Crippen LogP contribution >= 0.6 is 11.6 Å². The molecule has 5 nitrogen and oxygen atoms in total. The molecule has 0 bridgehead atoms. The maximum atomic E-state index is 6.16. The van der Waals surface area contributed by atoms with Crippen LogP contribution in [0.15, 0.2) is 36.8 Å². The third-order valence-electron chi connectivity index (χ3n) is 2.87. The lowest BCUT2D eigenvalue weighted by Crippen LogP contribution is -2.14. The Kier molecular flexibility index (Phi) is 3.39. The number of nitrogens with one attached hydrogen (secondary N) is 2. The first kappa shape index (κ1) is 12.1. The summed E-state index contributed by atoms with van der Waals surface area (Å²) in [6, 6.07) is 7.76. The Hall–Kier alpha value is -1.98. The van der Waals surface area contributed by atoms with Gasteiger partial charge in [-0.2, -0.15) is 5.10 Å². The Labute approximate surface area is 115 Å². The summed E-state index contributed by atoms with van der Waals surface area (Å²) >= 11 is 6.16. The van der Waals surface area contributed by atoms with Crippen LogP contribution in [0.25, 0.3) is 10.9 Å². The Morgan fingerprint density at radius 3 is 2.95 bits per heavy atom. The molecule has 0 aliphatic heterocycles. The Bertz CT molecular complexity index is 681. The minimum atomic E-state index is 0.636. The molecule has 0 atom stereocenters. The molecule has 0 aliphatic rings. The zero-order valence-electron chi connectivity index (χ0n) is 10.1. The summed E-state index contributed by atoms with van der Waals surface area (Å²) in [5, 5.41) is 11.6. The molecule has 0 spiro atoms. The molecule has 96 valence electrons. The van der Waals surface area contributed by atoms with Crippen LogP contribution < -0.4 is 5.32 Å². The summed E-state index contributed by atoms with van der Waals surface area (Å²) < 4.78 is 0. The lowest BCUT2D eigenvalue weighted by Gasteiger charge is -2.07. The lowest BCUT2D eigenvalue weighted by atomic mass is 10.1. The largest absolute Gasteiger partial charge is 0.306 e. The van der Waals surface area contributed by atoms with Crippen molar-refractivity contribution in [1.82, 2.24) is 25.5 Å². The predicted octanol–water partition coefficient (Wildman–Crippen LogP) is 2.30. The topological polar surface area (TPSA) is 66.5 Å². The fourth-order valence-corrected chi connectivity index (χ4v) is 2.19. The summed E-state index contributed by atoms with van der Waals surface area (Å²) in [5.74, 6) is 0.811. The van der Waals surface area contributed by atoms with Crippen LogP contribution in [0.4, 0.5) is 0 Å². The van der Waals surface area contributed by atoms with E-state index in [4.69, 9.17) is 11.6 Å². The monoisotopic (exact) mass is 273 g/mol. The Morgan fingerprint density at radius 1 is 1.16 bits per heavy atom. The van der Waals surface area contributed by atoms with E-state index in [-0.39, 0.29) is 0 Å². The molecule has 0 unspecified atom stereocenters. The number of benzene rings is 1. The van der Waals surface area contributed by atoms with Crippen molar-refractivity contribution in [2.75, 3.05) is 0 Å². The normalized spacial score (nSPS) is 11.0. The van der Waals surface area contributed by atoms with Crippen molar-refractivity contribution in [3.8, 4) is 0 Å². The first-order chi connectivity index (χ1) is 9.34. The molecule has 0 saturated carbocycles. The molecule has 0 fully saturated rings. The molecular weight excluding hydrogens is 262 g/mol. The zero-order valence-corrected chi connectivity index (χ0v) is 10.9. The third kappa shape index (κ3) is 2.57. The van der Waals surface area contributed by atoms with Gasteiger partial charge in [-0.1, -0.05) is 17.7 Å². The highest BCUT2D eigenvalue weighted by molar-refractivity contribution is 6.35. The molecule has 2 heterocycles. The molecule has 1 aromatic carbocycles. The van der Waals surface area contributed by atoms with Gasteiger partial charge < -0.3 is 5.32 Å². The lowest BCUT2D eigenvalue weighted by molar-refractivity contribution is 0.667. The van der Waals surface area contributed by atoms with E-state index in [2.05, 4.69) is 25.5 Å². The van der Waals surface area contributed by atoms with Crippen LogP contribution in [0.3, 0.4) is 0 Å². The second-order valence-electron chi connectivity index (χ2n) is 4.14. The number of aromatic amines is 1. The van der Waals surface area contributed by atoms with E-state index in [1.807, 2.05) is 24.3 Å². The van der Waals surface area contributed by atoms with Crippen molar-refractivity contribution in [3.63, 3.8) is 0 Å². The number of rotatable bonds is 4. The average Bonchev–Trinajstić information content (AvgIpc) is 2.95. The van der Waals surface area contributed by atoms with Crippen LogP contribution in [0, 0.1) is 0 Å². The quantitative estimate of drug-likeness (QED) is 0.765. The SMILES string of the molecule is Clc1ccc(CNCc2ncn[nH]2)c2ncccc12. The minimum Gasteiger partial charge on any atom is -0.306 e. The zero-order chi connectivity index (χ0) is 13.1. The molecule has 3 aromatic rings. The van der Waals surface area contributed by atoms with Gasteiger partial charge in [0, 0.05) is 23.2 Å².